The van der Waals surface area contributed by atoms with Crippen LogP contribution in [0.3, 0.4) is 0 Å². The molecule has 0 heterocycles. The summed E-state index contributed by atoms with van der Waals surface area (Å²) >= 11 is 17.9. The van der Waals surface area contributed by atoms with E-state index in [4.69, 9.17) is 39.5 Å². The number of sulfonamides is 1. The van der Waals surface area contributed by atoms with E-state index in [0.29, 0.717) is 22.9 Å². The second kappa shape index (κ2) is 10.4. The van der Waals surface area contributed by atoms with Crippen molar-refractivity contribution in [1.82, 2.24) is 0 Å². The molecule has 0 aliphatic rings. The topological polar surface area (TPSA) is 84.5 Å². The fourth-order valence-corrected chi connectivity index (χ4v) is 4.41. The van der Waals surface area contributed by atoms with Gasteiger partial charge in [-0.05, 0) is 61.0 Å². The maximum Gasteiger partial charge on any atom is 0.265 e. The molecule has 0 aliphatic carbocycles. The lowest BCUT2D eigenvalue weighted by Crippen LogP contribution is -2.32. The van der Waals surface area contributed by atoms with Crippen LogP contribution < -0.4 is 14.8 Å². The van der Waals surface area contributed by atoms with E-state index in [1.165, 1.54) is 30.3 Å². The van der Waals surface area contributed by atoms with Crippen LogP contribution >= 0.6 is 34.8 Å². The Morgan fingerprint density at radius 1 is 1.00 bits per heavy atom. The summed E-state index contributed by atoms with van der Waals surface area (Å²) in [7, 11) is -3.91. The van der Waals surface area contributed by atoms with Gasteiger partial charge in [0.1, 0.15) is 5.75 Å². The van der Waals surface area contributed by atoms with E-state index in [0.717, 1.165) is 0 Å². The molecular formula is C22H19Cl3N2O4S. The fraction of sp³-hybridized carbons (Fsp3) is 0.136. The summed E-state index contributed by atoms with van der Waals surface area (Å²) in [6.07, 6.45) is -0.321. The number of hydrogen-bond donors (Lipinski definition) is 2. The Labute approximate surface area is 201 Å². The van der Waals surface area contributed by atoms with Gasteiger partial charge in [0.15, 0.2) is 6.10 Å². The number of anilines is 2. The predicted octanol–water partition coefficient (Wildman–Crippen LogP) is 6.24. The van der Waals surface area contributed by atoms with Gasteiger partial charge in [-0.2, -0.15) is 0 Å². The summed E-state index contributed by atoms with van der Waals surface area (Å²) in [4.78, 5) is 12.6. The van der Waals surface area contributed by atoms with Gasteiger partial charge < -0.3 is 10.1 Å². The molecule has 10 heteroatoms. The van der Waals surface area contributed by atoms with Crippen LogP contribution in [0.15, 0.2) is 71.6 Å². The van der Waals surface area contributed by atoms with E-state index in [1.54, 1.807) is 36.4 Å². The molecule has 6 nitrogen and oxygen atoms in total. The molecule has 0 saturated carbocycles. The zero-order valence-corrected chi connectivity index (χ0v) is 19.9. The number of rotatable bonds is 8. The van der Waals surface area contributed by atoms with E-state index in [2.05, 4.69) is 10.0 Å². The average molecular weight is 514 g/mol. The summed E-state index contributed by atoms with van der Waals surface area (Å²) < 4.78 is 33.4. The van der Waals surface area contributed by atoms with Gasteiger partial charge in [0.2, 0.25) is 0 Å². The van der Waals surface area contributed by atoms with Crippen molar-refractivity contribution in [2.45, 2.75) is 24.3 Å². The number of carbonyl (C=O) groups is 1. The minimum atomic E-state index is -3.91. The summed E-state index contributed by atoms with van der Waals surface area (Å²) in [6.45, 7) is 1.82. The Bertz CT molecular complexity index is 1220. The Morgan fingerprint density at radius 3 is 2.34 bits per heavy atom. The van der Waals surface area contributed by atoms with Gasteiger partial charge in [0, 0.05) is 10.7 Å². The molecule has 3 aromatic rings. The van der Waals surface area contributed by atoms with Crippen molar-refractivity contribution < 1.29 is 17.9 Å². The van der Waals surface area contributed by atoms with Crippen molar-refractivity contribution in [3.63, 3.8) is 0 Å². The van der Waals surface area contributed by atoms with Crippen molar-refractivity contribution in [2.24, 2.45) is 0 Å². The average Bonchev–Trinajstić information content (AvgIpc) is 2.75. The first-order chi connectivity index (χ1) is 15.2. The van der Waals surface area contributed by atoms with E-state index < -0.39 is 16.1 Å². The van der Waals surface area contributed by atoms with E-state index in [1.807, 2.05) is 6.92 Å². The molecule has 2 N–H and O–H groups in total. The number of carbonyl (C=O) groups excluding carboxylic acids is 1. The molecule has 0 saturated heterocycles. The molecule has 0 aliphatic heterocycles. The molecule has 0 unspecified atom stereocenters. The lowest BCUT2D eigenvalue weighted by molar-refractivity contribution is -0.122. The summed E-state index contributed by atoms with van der Waals surface area (Å²) in [5.41, 5.74) is 0.586. The quantitative estimate of drug-likeness (QED) is 0.373. The van der Waals surface area contributed by atoms with Crippen molar-refractivity contribution >= 4 is 62.1 Å². The number of benzene rings is 3. The van der Waals surface area contributed by atoms with Crippen molar-refractivity contribution in [2.75, 3.05) is 10.0 Å². The minimum absolute atomic E-state index is 0.00578. The van der Waals surface area contributed by atoms with Crippen molar-refractivity contribution in [1.29, 1.82) is 0 Å². The van der Waals surface area contributed by atoms with Crippen LogP contribution in [0, 0.1) is 0 Å². The maximum absolute atomic E-state index is 12.7. The molecule has 1 amide bonds. The molecule has 0 radical (unpaired) electrons. The zero-order valence-electron chi connectivity index (χ0n) is 16.8. The molecule has 3 rings (SSSR count). The zero-order chi connectivity index (χ0) is 23.3. The summed E-state index contributed by atoms with van der Waals surface area (Å²) in [5.74, 6) is 0.110. The smallest absolute Gasteiger partial charge is 0.265 e. The van der Waals surface area contributed by atoms with Crippen molar-refractivity contribution in [3.05, 3.63) is 81.8 Å². The first-order valence-electron chi connectivity index (χ1n) is 9.49. The number of ether oxygens (including phenoxy) is 1. The Kier molecular flexibility index (Phi) is 7.90. The lowest BCUT2D eigenvalue weighted by Gasteiger charge is -2.17. The first kappa shape index (κ1) is 24.2. The molecule has 0 spiro atoms. The number of amides is 1. The third-order valence-electron chi connectivity index (χ3n) is 4.37. The molecule has 32 heavy (non-hydrogen) atoms. The number of halogens is 3. The second-order valence-corrected chi connectivity index (χ2v) is 9.60. The monoisotopic (exact) mass is 512 g/mol. The van der Waals surface area contributed by atoms with Gasteiger partial charge >= 0.3 is 0 Å². The van der Waals surface area contributed by atoms with Gasteiger partial charge in [-0.3, -0.25) is 9.52 Å². The van der Waals surface area contributed by atoms with E-state index in [-0.39, 0.29) is 26.5 Å². The van der Waals surface area contributed by atoms with Crippen LogP contribution in [0.1, 0.15) is 13.3 Å². The van der Waals surface area contributed by atoms with Gasteiger partial charge in [0.05, 0.1) is 20.6 Å². The normalized spacial score (nSPS) is 12.1. The van der Waals surface area contributed by atoms with Gasteiger partial charge in [-0.25, -0.2) is 8.42 Å². The fourth-order valence-electron chi connectivity index (χ4n) is 2.75. The third kappa shape index (κ3) is 6.07. The summed E-state index contributed by atoms with van der Waals surface area (Å²) in [6, 6.07) is 17.1. The third-order valence-corrected chi connectivity index (χ3v) is 6.80. The SMILES string of the molecule is CC[C@H](Oc1cccc(Cl)c1)C(=O)Nc1ccc(S(=O)(=O)Nc2cccc(Cl)c2Cl)cc1. The molecule has 168 valence electrons. The molecular weight excluding hydrogens is 495 g/mol. The molecule has 0 fully saturated rings. The van der Waals surface area contributed by atoms with Crippen LogP contribution in [0.4, 0.5) is 11.4 Å². The standard InChI is InChI=1S/C22H19Cl3N2O4S/c1-2-20(31-16-6-3-5-14(23)13-16)22(28)26-15-9-11-17(12-10-15)32(29,30)27-19-8-4-7-18(24)21(19)25/h3-13,20,27H,2H2,1H3,(H,26,28)/t20-/m0/s1. The molecule has 1 atom stereocenters. The highest BCUT2D eigenvalue weighted by Gasteiger charge is 2.20. The molecule has 3 aromatic carbocycles. The predicted molar refractivity (Wildman–Crippen MR) is 129 cm³/mol. The van der Waals surface area contributed by atoms with Crippen LogP contribution in [-0.4, -0.2) is 20.4 Å². The molecule has 0 bridgehead atoms. The second-order valence-electron chi connectivity index (χ2n) is 6.69. The Morgan fingerprint density at radius 2 is 1.69 bits per heavy atom. The largest absolute Gasteiger partial charge is 0.481 e. The Balaban J connectivity index is 1.69. The first-order valence-corrected chi connectivity index (χ1v) is 12.1. The van der Waals surface area contributed by atoms with Crippen LogP contribution in [0.2, 0.25) is 15.1 Å². The van der Waals surface area contributed by atoms with Crippen molar-refractivity contribution in [3.8, 4) is 5.75 Å². The number of hydrogen-bond acceptors (Lipinski definition) is 4. The lowest BCUT2D eigenvalue weighted by atomic mass is 10.2. The maximum atomic E-state index is 12.7. The van der Waals surface area contributed by atoms with E-state index >= 15 is 0 Å². The minimum Gasteiger partial charge on any atom is -0.481 e. The highest BCUT2D eigenvalue weighted by atomic mass is 35.5. The summed E-state index contributed by atoms with van der Waals surface area (Å²) in [5, 5.41) is 3.56. The van der Waals surface area contributed by atoms with Crippen LogP contribution in [0.5, 0.6) is 5.75 Å². The number of nitrogens with one attached hydrogen (secondary N) is 2. The van der Waals surface area contributed by atoms with Gasteiger partial charge in [-0.15, -0.1) is 0 Å². The van der Waals surface area contributed by atoms with E-state index in [9.17, 15) is 13.2 Å². The molecule has 0 aromatic heterocycles. The van der Waals surface area contributed by atoms with Crippen LogP contribution in [0.25, 0.3) is 0 Å². The highest BCUT2D eigenvalue weighted by Crippen LogP contribution is 2.31. The Hall–Kier alpha value is -2.45. The van der Waals surface area contributed by atoms with Crippen LogP contribution in [-0.2, 0) is 14.8 Å². The highest BCUT2D eigenvalue weighted by molar-refractivity contribution is 7.92. The van der Waals surface area contributed by atoms with Gasteiger partial charge in [-0.1, -0.05) is 53.9 Å². The van der Waals surface area contributed by atoms with Gasteiger partial charge in [0.25, 0.3) is 15.9 Å².